The molecule has 8 nitrogen and oxygen atoms in total. The van der Waals surface area contributed by atoms with Crippen molar-refractivity contribution in [2.75, 3.05) is 14.2 Å². The SMILES string of the molecule is COC(=O)C1=C(C)NC(C2C(C#N)=C(C)NC(C)=C2C#N)=C(C(=O)OC)C1c1cccs1. The zero-order valence-electron chi connectivity index (χ0n) is 18.3. The third-order valence-electron chi connectivity index (χ3n) is 5.52. The smallest absolute Gasteiger partial charge is 0.336 e. The summed E-state index contributed by atoms with van der Waals surface area (Å²) in [6.45, 7) is 5.18. The topological polar surface area (TPSA) is 124 Å². The Hall–Kier alpha value is -3.82. The zero-order chi connectivity index (χ0) is 23.6. The van der Waals surface area contributed by atoms with Crippen LogP contribution in [-0.4, -0.2) is 26.2 Å². The van der Waals surface area contributed by atoms with Crippen LogP contribution in [-0.2, 0) is 19.1 Å². The van der Waals surface area contributed by atoms with Crippen molar-refractivity contribution in [3.63, 3.8) is 0 Å². The normalized spacial score (nSPS) is 19.2. The van der Waals surface area contributed by atoms with Crippen molar-refractivity contribution in [2.45, 2.75) is 26.7 Å². The second kappa shape index (κ2) is 9.13. The molecule has 2 N–H and O–H groups in total. The van der Waals surface area contributed by atoms with Crippen LogP contribution >= 0.6 is 11.3 Å². The molecule has 0 amide bonds. The Morgan fingerprint density at radius 1 is 0.906 bits per heavy atom. The van der Waals surface area contributed by atoms with Crippen molar-refractivity contribution in [1.82, 2.24) is 10.6 Å². The first kappa shape index (κ1) is 22.9. The molecule has 0 bridgehead atoms. The molecule has 3 rings (SSSR count). The predicted octanol–water partition coefficient (Wildman–Crippen LogP) is 3.12. The molecule has 0 aromatic carbocycles. The molecule has 0 spiro atoms. The van der Waals surface area contributed by atoms with Crippen LogP contribution in [0.3, 0.4) is 0 Å². The quantitative estimate of drug-likeness (QED) is 0.671. The van der Waals surface area contributed by atoms with Crippen molar-refractivity contribution < 1.29 is 19.1 Å². The van der Waals surface area contributed by atoms with Crippen LogP contribution < -0.4 is 10.6 Å². The van der Waals surface area contributed by atoms with Gasteiger partial charge in [0.15, 0.2) is 0 Å². The summed E-state index contributed by atoms with van der Waals surface area (Å²) in [4.78, 5) is 26.6. The van der Waals surface area contributed by atoms with Gasteiger partial charge in [-0.15, -0.1) is 11.3 Å². The van der Waals surface area contributed by atoms with E-state index in [1.165, 1.54) is 25.6 Å². The Labute approximate surface area is 190 Å². The largest absolute Gasteiger partial charge is 0.466 e. The molecule has 1 unspecified atom stereocenters. The van der Waals surface area contributed by atoms with Gasteiger partial charge in [0.05, 0.1) is 60.5 Å². The molecule has 0 saturated carbocycles. The Morgan fingerprint density at radius 2 is 1.47 bits per heavy atom. The second-order valence-electron chi connectivity index (χ2n) is 7.28. The van der Waals surface area contributed by atoms with E-state index in [9.17, 15) is 20.1 Å². The van der Waals surface area contributed by atoms with Crippen LogP contribution in [0.15, 0.2) is 62.6 Å². The van der Waals surface area contributed by atoms with Gasteiger partial charge in [0, 0.05) is 27.7 Å². The first-order chi connectivity index (χ1) is 15.3. The number of ether oxygens (including phenoxy) is 2. The average Bonchev–Trinajstić information content (AvgIpc) is 3.31. The van der Waals surface area contributed by atoms with Gasteiger partial charge in [-0.05, 0) is 32.2 Å². The van der Waals surface area contributed by atoms with Gasteiger partial charge in [0.2, 0.25) is 0 Å². The van der Waals surface area contributed by atoms with Gasteiger partial charge in [-0.25, -0.2) is 9.59 Å². The van der Waals surface area contributed by atoms with Crippen LogP contribution in [0.2, 0.25) is 0 Å². The number of carbonyl (C=O) groups is 2. The Morgan fingerprint density at radius 3 is 1.94 bits per heavy atom. The molecule has 0 fully saturated rings. The number of thiophene rings is 1. The molecule has 2 aliphatic heterocycles. The molecule has 0 aliphatic carbocycles. The molecule has 0 radical (unpaired) electrons. The molecular weight excluding hydrogens is 428 g/mol. The van der Waals surface area contributed by atoms with E-state index in [1.807, 2.05) is 17.5 Å². The van der Waals surface area contributed by atoms with Crippen LogP contribution in [0, 0.1) is 28.6 Å². The van der Waals surface area contributed by atoms with E-state index < -0.39 is 23.8 Å². The summed E-state index contributed by atoms with van der Waals surface area (Å²) >= 11 is 1.38. The van der Waals surface area contributed by atoms with E-state index in [2.05, 4.69) is 22.8 Å². The lowest BCUT2D eigenvalue weighted by molar-refractivity contribution is -0.137. The highest BCUT2D eigenvalue weighted by Crippen LogP contribution is 2.45. The first-order valence-electron chi connectivity index (χ1n) is 9.71. The molecule has 1 atom stereocenters. The van der Waals surface area contributed by atoms with E-state index in [4.69, 9.17) is 9.47 Å². The number of carbonyl (C=O) groups excluding carboxylic acids is 2. The third kappa shape index (κ3) is 3.68. The standard InChI is InChI=1S/C23H22N4O4S/c1-11-14(9-24)18(15(10-25)12(2)26-11)21-20(23(29)31-5)19(16-7-6-8-32-16)17(13(3)27-21)22(28)30-4/h6-8,18-19,26-27H,1-5H3. The van der Waals surface area contributed by atoms with Gasteiger partial charge < -0.3 is 20.1 Å². The summed E-state index contributed by atoms with van der Waals surface area (Å²) in [5.74, 6) is -2.85. The van der Waals surface area contributed by atoms with Gasteiger partial charge in [0.25, 0.3) is 0 Å². The van der Waals surface area contributed by atoms with Crippen LogP contribution in [0.4, 0.5) is 0 Å². The number of dihydropyridines is 2. The maximum absolute atomic E-state index is 13.1. The molecular formula is C23H22N4O4S. The van der Waals surface area contributed by atoms with Crippen LogP contribution in [0.1, 0.15) is 31.6 Å². The number of allylic oxidation sites excluding steroid dienone is 4. The molecule has 32 heavy (non-hydrogen) atoms. The number of methoxy groups -OCH3 is 2. The minimum atomic E-state index is -0.822. The highest BCUT2D eigenvalue weighted by Gasteiger charge is 2.43. The Kier molecular flexibility index (Phi) is 6.52. The number of hydrogen-bond donors (Lipinski definition) is 2. The minimum absolute atomic E-state index is 0.161. The minimum Gasteiger partial charge on any atom is -0.466 e. The summed E-state index contributed by atoms with van der Waals surface area (Å²) in [7, 11) is 2.53. The van der Waals surface area contributed by atoms with Crippen LogP contribution in [0.5, 0.6) is 0 Å². The lowest BCUT2D eigenvalue weighted by Crippen LogP contribution is -2.38. The van der Waals surface area contributed by atoms with Crippen molar-refractivity contribution in [3.8, 4) is 12.1 Å². The fraction of sp³-hybridized carbons (Fsp3) is 0.304. The Bertz CT molecular complexity index is 1150. The molecule has 0 saturated heterocycles. The number of nitriles is 2. The van der Waals surface area contributed by atoms with Gasteiger partial charge >= 0.3 is 11.9 Å². The first-order valence-corrected chi connectivity index (χ1v) is 10.6. The van der Waals surface area contributed by atoms with Crippen molar-refractivity contribution in [1.29, 1.82) is 10.5 Å². The maximum atomic E-state index is 13.1. The number of esters is 2. The summed E-state index contributed by atoms with van der Waals surface area (Å²) in [6, 6.07) is 7.99. The monoisotopic (exact) mass is 450 g/mol. The average molecular weight is 451 g/mol. The summed E-state index contributed by atoms with van der Waals surface area (Å²) < 4.78 is 10.1. The summed E-state index contributed by atoms with van der Waals surface area (Å²) in [5, 5.41) is 27.9. The van der Waals surface area contributed by atoms with Gasteiger partial charge in [0.1, 0.15) is 0 Å². The van der Waals surface area contributed by atoms with Crippen LogP contribution in [0.25, 0.3) is 0 Å². The van der Waals surface area contributed by atoms with Gasteiger partial charge in [-0.3, -0.25) is 0 Å². The van der Waals surface area contributed by atoms with Crippen molar-refractivity contribution >= 4 is 23.3 Å². The fourth-order valence-electron chi connectivity index (χ4n) is 4.12. The van der Waals surface area contributed by atoms with Crippen molar-refractivity contribution in [3.05, 3.63) is 67.5 Å². The number of nitrogens with one attached hydrogen (secondary N) is 2. The molecule has 9 heteroatoms. The predicted molar refractivity (Wildman–Crippen MR) is 117 cm³/mol. The molecule has 1 aromatic heterocycles. The van der Waals surface area contributed by atoms with Gasteiger partial charge in [-0.1, -0.05) is 6.07 Å². The maximum Gasteiger partial charge on any atom is 0.336 e. The highest BCUT2D eigenvalue weighted by atomic mass is 32.1. The number of rotatable bonds is 4. The summed E-state index contributed by atoms with van der Waals surface area (Å²) in [6.07, 6.45) is 0. The zero-order valence-corrected chi connectivity index (χ0v) is 19.1. The lowest BCUT2D eigenvalue weighted by atomic mass is 9.76. The van der Waals surface area contributed by atoms with Gasteiger partial charge in [-0.2, -0.15) is 10.5 Å². The van der Waals surface area contributed by atoms with E-state index >= 15 is 0 Å². The summed E-state index contributed by atoms with van der Waals surface area (Å²) in [5.41, 5.74) is 3.02. The number of hydrogen-bond acceptors (Lipinski definition) is 9. The van der Waals surface area contributed by atoms with E-state index in [1.54, 1.807) is 20.8 Å². The van der Waals surface area contributed by atoms with E-state index in [0.717, 1.165) is 4.88 Å². The molecule has 1 aromatic rings. The van der Waals surface area contributed by atoms with E-state index in [0.29, 0.717) is 33.9 Å². The van der Waals surface area contributed by atoms with Crippen molar-refractivity contribution in [2.24, 2.45) is 5.92 Å². The second-order valence-corrected chi connectivity index (χ2v) is 8.26. The lowest BCUT2D eigenvalue weighted by Gasteiger charge is -2.35. The number of nitrogens with zero attached hydrogens (tertiary/aromatic N) is 2. The fourth-order valence-corrected chi connectivity index (χ4v) is 4.96. The highest BCUT2D eigenvalue weighted by molar-refractivity contribution is 7.10. The molecule has 3 heterocycles. The van der Waals surface area contributed by atoms with E-state index in [-0.39, 0.29) is 11.1 Å². The molecule has 2 aliphatic rings. The molecule has 164 valence electrons. The third-order valence-corrected chi connectivity index (χ3v) is 6.46. The Balaban J connectivity index is 2.40.